The number of sulfonamides is 1. The van der Waals surface area contributed by atoms with Crippen LogP contribution in [0.5, 0.6) is 0 Å². The molecule has 1 N–H and O–H groups in total. The third-order valence-corrected chi connectivity index (χ3v) is 7.36. The Bertz CT molecular complexity index is 757. The van der Waals surface area contributed by atoms with Gasteiger partial charge in [-0.3, -0.25) is 9.59 Å². The lowest BCUT2D eigenvalue weighted by atomic mass is 10.2. The molecule has 1 aromatic carbocycles. The van der Waals surface area contributed by atoms with E-state index in [-0.39, 0.29) is 23.3 Å². The number of amides is 2. The fourth-order valence-corrected chi connectivity index (χ4v) is 5.48. The number of rotatable bonds is 5. The quantitative estimate of drug-likeness (QED) is 0.818. The number of carbonyl (C=O) groups is 2. The van der Waals surface area contributed by atoms with Crippen LogP contribution >= 0.6 is 11.8 Å². The summed E-state index contributed by atoms with van der Waals surface area (Å²) in [5, 5.41) is 2.71. The SMILES string of the molecule is O=C(CN1CSCC1=O)Nc1ccc(S(=O)(=O)N2CCCCCC2)cc1. The zero-order valence-corrected chi connectivity index (χ0v) is 16.2. The van der Waals surface area contributed by atoms with E-state index in [4.69, 9.17) is 0 Å². The van der Waals surface area contributed by atoms with E-state index >= 15 is 0 Å². The molecular formula is C17H23N3O4S2. The van der Waals surface area contributed by atoms with E-state index in [1.54, 1.807) is 16.4 Å². The Morgan fingerprint density at radius 3 is 2.31 bits per heavy atom. The molecule has 0 aromatic heterocycles. The Balaban J connectivity index is 1.62. The van der Waals surface area contributed by atoms with Crippen LogP contribution in [-0.2, 0) is 19.6 Å². The molecule has 9 heteroatoms. The van der Waals surface area contributed by atoms with Crippen molar-refractivity contribution in [3.05, 3.63) is 24.3 Å². The molecule has 0 spiro atoms. The van der Waals surface area contributed by atoms with Gasteiger partial charge in [0.15, 0.2) is 0 Å². The average Bonchev–Trinajstić information content (AvgIpc) is 2.86. The van der Waals surface area contributed by atoms with E-state index in [1.165, 1.54) is 28.8 Å². The highest BCUT2D eigenvalue weighted by Gasteiger charge is 2.25. The van der Waals surface area contributed by atoms with Crippen LogP contribution in [0.2, 0.25) is 0 Å². The monoisotopic (exact) mass is 397 g/mol. The molecule has 2 fully saturated rings. The van der Waals surface area contributed by atoms with Crippen molar-refractivity contribution in [2.75, 3.05) is 36.6 Å². The molecular weight excluding hydrogens is 374 g/mol. The highest BCUT2D eigenvalue weighted by Crippen LogP contribution is 2.22. The zero-order chi connectivity index (χ0) is 18.6. The van der Waals surface area contributed by atoms with Crippen LogP contribution in [-0.4, -0.2) is 60.7 Å². The second-order valence-electron chi connectivity index (χ2n) is 6.46. The molecule has 1 aromatic rings. The molecule has 2 saturated heterocycles. The topological polar surface area (TPSA) is 86.8 Å². The predicted octanol–water partition coefficient (Wildman–Crippen LogP) is 1.72. The summed E-state index contributed by atoms with van der Waals surface area (Å²) in [5.41, 5.74) is 0.518. The van der Waals surface area contributed by atoms with Gasteiger partial charge in [0.2, 0.25) is 21.8 Å². The number of hydrogen-bond donors (Lipinski definition) is 1. The Morgan fingerprint density at radius 2 is 1.73 bits per heavy atom. The summed E-state index contributed by atoms with van der Waals surface area (Å²) in [6.45, 7) is 1.13. The van der Waals surface area contributed by atoms with Gasteiger partial charge in [0.25, 0.3) is 0 Å². The van der Waals surface area contributed by atoms with Crippen LogP contribution in [0.3, 0.4) is 0 Å². The molecule has 0 radical (unpaired) electrons. The van der Waals surface area contributed by atoms with Gasteiger partial charge in [-0.25, -0.2) is 8.42 Å². The average molecular weight is 398 g/mol. The van der Waals surface area contributed by atoms with Gasteiger partial charge in [-0.1, -0.05) is 12.8 Å². The van der Waals surface area contributed by atoms with Gasteiger partial charge in [0, 0.05) is 18.8 Å². The Morgan fingerprint density at radius 1 is 1.08 bits per heavy atom. The van der Waals surface area contributed by atoms with Gasteiger partial charge in [-0.2, -0.15) is 4.31 Å². The van der Waals surface area contributed by atoms with Crippen LogP contribution in [0, 0.1) is 0 Å². The standard InChI is InChI=1S/C17H23N3O4S2/c21-16(11-19-13-25-12-17(19)22)18-14-5-7-15(8-6-14)26(23,24)20-9-3-1-2-4-10-20/h5-8H,1-4,9-13H2,(H,18,21). The lowest BCUT2D eigenvalue weighted by Gasteiger charge is -2.20. The summed E-state index contributed by atoms with van der Waals surface area (Å²) >= 11 is 1.48. The summed E-state index contributed by atoms with van der Waals surface area (Å²) in [5.74, 6) is 0.614. The summed E-state index contributed by atoms with van der Waals surface area (Å²) < 4.78 is 27.0. The number of nitrogens with zero attached hydrogens (tertiary/aromatic N) is 2. The van der Waals surface area contributed by atoms with Crippen LogP contribution in [0.4, 0.5) is 5.69 Å². The van der Waals surface area contributed by atoms with Gasteiger partial charge in [-0.15, -0.1) is 11.8 Å². The maximum absolute atomic E-state index is 12.7. The summed E-state index contributed by atoms with van der Waals surface area (Å²) in [6, 6.07) is 6.21. The predicted molar refractivity (Wildman–Crippen MR) is 101 cm³/mol. The van der Waals surface area contributed by atoms with Crippen LogP contribution < -0.4 is 5.32 Å². The van der Waals surface area contributed by atoms with E-state index in [0.29, 0.717) is 30.4 Å². The Hall–Kier alpha value is -1.58. The largest absolute Gasteiger partial charge is 0.325 e. The second kappa shape index (κ2) is 8.41. The molecule has 0 unspecified atom stereocenters. The first-order valence-corrected chi connectivity index (χ1v) is 11.3. The van der Waals surface area contributed by atoms with E-state index in [1.807, 2.05) is 0 Å². The van der Waals surface area contributed by atoms with Crippen LogP contribution in [0.25, 0.3) is 0 Å². The second-order valence-corrected chi connectivity index (χ2v) is 9.35. The molecule has 0 atom stereocenters. The summed E-state index contributed by atoms with van der Waals surface area (Å²) in [7, 11) is -3.49. The van der Waals surface area contributed by atoms with Crippen molar-refractivity contribution in [2.24, 2.45) is 0 Å². The number of hydrogen-bond acceptors (Lipinski definition) is 5. The molecule has 2 aliphatic heterocycles. The van der Waals surface area contributed by atoms with Gasteiger partial charge < -0.3 is 10.2 Å². The molecule has 0 aliphatic carbocycles. The van der Waals surface area contributed by atoms with Crippen molar-refractivity contribution in [3.63, 3.8) is 0 Å². The van der Waals surface area contributed by atoms with Crippen molar-refractivity contribution in [1.82, 2.24) is 9.21 Å². The van der Waals surface area contributed by atoms with Gasteiger partial charge in [0.1, 0.15) is 6.54 Å². The van der Waals surface area contributed by atoms with Gasteiger partial charge >= 0.3 is 0 Å². The van der Waals surface area contributed by atoms with E-state index in [9.17, 15) is 18.0 Å². The smallest absolute Gasteiger partial charge is 0.244 e. The van der Waals surface area contributed by atoms with E-state index in [0.717, 1.165) is 25.7 Å². The number of benzene rings is 1. The van der Waals surface area contributed by atoms with Crippen LogP contribution in [0.1, 0.15) is 25.7 Å². The summed E-state index contributed by atoms with van der Waals surface area (Å²) in [4.78, 5) is 25.3. The fourth-order valence-electron chi connectivity index (χ4n) is 3.06. The summed E-state index contributed by atoms with van der Waals surface area (Å²) in [6.07, 6.45) is 3.91. The van der Waals surface area contributed by atoms with Crippen LogP contribution in [0.15, 0.2) is 29.2 Å². The Kier molecular flexibility index (Phi) is 6.20. The maximum atomic E-state index is 12.7. The van der Waals surface area contributed by atoms with E-state index in [2.05, 4.69) is 5.32 Å². The van der Waals surface area contributed by atoms with E-state index < -0.39 is 10.0 Å². The molecule has 3 rings (SSSR count). The van der Waals surface area contributed by atoms with Crippen molar-refractivity contribution >= 4 is 39.3 Å². The molecule has 2 heterocycles. The first-order chi connectivity index (χ1) is 12.5. The molecule has 0 bridgehead atoms. The maximum Gasteiger partial charge on any atom is 0.244 e. The third kappa shape index (κ3) is 4.57. The lowest BCUT2D eigenvalue weighted by molar-refractivity contribution is -0.130. The number of carbonyl (C=O) groups excluding carboxylic acids is 2. The normalized spacial score (nSPS) is 19.4. The molecule has 26 heavy (non-hydrogen) atoms. The van der Waals surface area contributed by atoms with Crippen molar-refractivity contribution in [2.45, 2.75) is 30.6 Å². The van der Waals surface area contributed by atoms with Crippen molar-refractivity contribution < 1.29 is 18.0 Å². The molecule has 0 saturated carbocycles. The van der Waals surface area contributed by atoms with Gasteiger partial charge in [0.05, 0.1) is 16.5 Å². The third-order valence-electron chi connectivity index (χ3n) is 4.50. The molecule has 2 amide bonds. The Labute approximate surface area is 158 Å². The number of nitrogens with one attached hydrogen (secondary N) is 1. The van der Waals surface area contributed by atoms with Gasteiger partial charge in [-0.05, 0) is 37.1 Å². The first kappa shape index (κ1) is 19.2. The minimum absolute atomic E-state index is 0.0136. The molecule has 7 nitrogen and oxygen atoms in total. The minimum Gasteiger partial charge on any atom is -0.325 e. The highest BCUT2D eigenvalue weighted by atomic mass is 32.2. The van der Waals surface area contributed by atoms with Crippen molar-refractivity contribution in [1.29, 1.82) is 0 Å². The number of thioether (sulfide) groups is 1. The number of anilines is 1. The highest BCUT2D eigenvalue weighted by molar-refractivity contribution is 8.00. The fraction of sp³-hybridized carbons (Fsp3) is 0.529. The minimum atomic E-state index is -3.49. The molecule has 2 aliphatic rings. The van der Waals surface area contributed by atoms with Crippen molar-refractivity contribution in [3.8, 4) is 0 Å². The lowest BCUT2D eigenvalue weighted by Crippen LogP contribution is -2.34. The zero-order valence-electron chi connectivity index (χ0n) is 14.5. The first-order valence-electron chi connectivity index (χ1n) is 8.72. The molecule has 142 valence electrons.